The predicted molar refractivity (Wildman–Crippen MR) is 82.6 cm³/mol. The largest absolute Gasteiger partial charge is 0.507 e. The second kappa shape index (κ2) is 7.08. The van der Waals surface area contributed by atoms with Crippen LogP contribution in [0.25, 0.3) is 0 Å². The Kier molecular flexibility index (Phi) is 6.07. The molecular formula is C16H26OS. The molecule has 0 amide bonds. The van der Waals surface area contributed by atoms with Gasteiger partial charge in [-0.25, -0.2) is 0 Å². The zero-order chi connectivity index (χ0) is 12.3. The van der Waals surface area contributed by atoms with E-state index in [1.54, 1.807) is 0 Å². The van der Waals surface area contributed by atoms with Gasteiger partial charge < -0.3 is 5.11 Å². The zero-order valence-electron chi connectivity index (χ0n) is 10.8. The number of hydrogen-bond donors (Lipinski definition) is 1. The number of aromatic hydroxyl groups is 1. The fourth-order valence-corrected chi connectivity index (χ4v) is 3.36. The van der Waals surface area contributed by atoms with Crippen molar-refractivity contribution in [2.45, 2.75) is 58.1 Å². The van der Waals surface area contributed by atoms with E-state index in [1.807, 2.05) is 18.7 Å². The topological polar surface area (TPSA) is 20.2 Å². The molecule has 0 atom stereocenters. The first-order valence-electron chi connectivity index (χ1n) is 6.53. The summed E-state index contributed by atoms with van der Waals surface area (Å²) in [6, 6.07) is 4.35. The van der Waals surface area contributed by atoms with Crippen LogP contribution >= 0.6 is 11.8 Å². The summed E-state index contributed by atoms with van der Waals surface area (Å²) in [6.07, 6.45) is 8.61. The summed E-state index contributed by atoms with van der Waals surface area (Å²) in [6.45, 7) is 2.02. The highest BCUT2D eigenvalue weighted by Gasteiger charge is 2.20. The molecule has 18 heavy (non-hydrogen) atoms. The average molecular weight is 266 g/mol. The van der Waals surface area contributed by atoms with Crippen molar-refractivity contribution >= 4 is 11.8 Å². The van der Waals surface area contributed by atoms with Crippen molar-refractivity contribution in [2.24, 2.45) is 0 Å². The molecule has 0 bridgehead atoms. The number of rotatable bonds is 3. The lowest BCUT2D eigenvalue weighted by atomic mass is 9.82. The second-order valence-electron chi connectivity index (χ2n) is 5.12. The van der Waals surface area contributed by atoms with Crippen LogP contribution in [0.15, 0.2) is 12.1 Å². The molecule has 1 aromatic carbocycles. The summed E-state index contributed by atoms with van der Waals surface area (Å²) in [4.78, 5) is 0. The smallest absolute Gasteiger partial charge is 0.121 e. The number of benzene rings is 1. The maximum absolute atomic E-state index is 10.2. The van der Waals surface area contributed by atoms with Gasteiger partial charge in [0.1, 0.15) is 5.75 Å². The second-order valence-corrected chi connectivity index (χ2v) is 5.98. The molecule has 0 heterocycles. The molecule has 102 valence electrons. The standard InChI is InChI=1S/C15H22OS.CH4/c1-11-8-12(10-17-2)9-14(15(11)16)13-6-4-3-5-7-13;/h8-9,13,16H,3-7,10H2,1-2H3;1H4. The number of thioether (sulfide) groups is 1. The Hall–Kier alpha value is -0.630. The molecule has 1 saturated carbocycles. The Bertz CT molecular complexity index is 381. The van der Waals surface area contributed by atoms with Crippen molar-refractivity contribution in [3.8, 4) is 5.75 Å². The minimum absolute atomic E-state index is 0. The molecular weight excluding hydrogens is 240 g/mol. The Morgan fingerprint density at radius 1 is 1.22 bits per heavy atom. The predicted octanol–water partition coefficient (Wildman–Crippen LogP) is 5.25. The molecule has 1 aliphatic rings. The van der Waals surface area contributed by atoms with Gasteiger partial charge in [-0.15, -0.1) is 0 Å². The van der Waals surface area contributed by atoms with Gasteiger partial charge in [0.05, 0.1) is 0 Å². The van der Waals surface area contributed by atoms with Crippen LogP contribution in [0.4, 0.5) is 0 Å². The van der Waals surface area contributed by atoms with Gasteiger partial charge in [-0.1, -0.05) is 38.8 Å². The molecule has 0 spiro atoms. The zero-order valence-corrected chi connectivity index (χ0v) is 11.6. The van der Waals surface area contributed by atoms with E-state index in [4.69, 9.17) is 0 Å². The number of phenolic OH excluding ortho intramolecular Hbond substituents is 1. The number of hydrogen-bond acceptors (Lipinski definition) is 2. The van der Waals surface area contributed by atoms with Crippen LogP contribution < -0.4 is 0 Å². The first-order valence-corrected chi connectivity index (χ1v) is 7.93. The van der Waals surface area contributed by atoms with Gasteiger partial charge in [0.2, 0.25) is 0 Å². The third-order valence-corrected chi connectivity index (χ3v) is 4.37. The maximum atomic E-state index is 10.2. The van der Waals surface area contributed by atoms with E-state index in [1.165, 1.54) is 43.2 Å². The molecule has 2 rings (SSSR count). The van der Waals surface area contributed by atoms with Gasteiger partial charge in [-0.05, 0) is 48.6 Å². The van der Waals surface area contributed by atoms with Gasteiger partial charge in [-0.2, -0.15) is 11.8 Å². The van der Waals surface area contributed by atoms with Gasteiger partial charge in [-0.3, -0.25) is 0 Å². The molecule has 1 fully saturated rings. The summed E-state index contributed by atoms with van der Waals surface area (Å²) in [5.41, 5.74) is 3.60. The van der Waals surface area contributed by atoms with E-state index in [0.29, 0.717) is 11.7 Å². The summed E-state index contributed by atoms with van der Waals surface area (Å²) in [5.74, 6) is 2.17. The van der Waals surface area contributed by atoms with Crippen molar-refractivity contribution in [3.05, 3.63) is 28.8 Å². The van der Waals surface area contributed by atoms with Crippen molar-refractivity contribution in [1.29, 1.82) is 0 Å². The summed E-state index contributed by atoms with van der Waals surface area (Å²) < 4.78 is 0. The number of aryl methyl sites for hydroxylation is 1. The SMILES string of the molecule is C.CSCc1cc(C)c(O)c(C2CCCCC2)c1. The molecule has 0 aromatic heterocycles. The van der Waals surface area contributed by atoms with E-state index >= 15 is 0 Å². The monoisotopic (exact) mass is 266 g/mol. The molecule has 1 aliphatic carbocycles. The lowest BCUT2D eigenvalue weighted by Crippen LogP contribution is -2.06. The van der Waals surface area contributed by atoms with E-state index in [-0.39, 0.29) is 7.43 Å². The van der Waals surface area contributed by atoms with Crippen molar-refractivity contribution in [1.82, 2.24) is 0 Å². The molecule has 1 nitrogen and oxygen atoms in total. The molecule has 0 radical (unpaired) electrons. The third kappa shape index (κ3) is 3.44. The van der Waals surface area contributed by atoms with Crippen LogP contribution in [0.2, 0.25) is 0 Å². The van der Waals surface area contributed by atoms with Gasteiger partial charge in [0.15, 0.2) is 0 Å². The molecule has 1 aromatic rings. The van der Waals surface area contributed by atoms with Crippen LogP contribution in [0.1, 0.15) is 62.1 Å². The van der Waals surface area contributed by atoms with Crippen LogP contribution in [0, 0.1) is 6.92 Å². The van der Waals surface area contributed by atoms with Crippen LogP contribution in [0.3, 0.4) is 0 Å². The number of phenols is 1. The van der Waals surface area contributed by atoms with Gasteiger partial charge >= 0.3 is 0 Å². The van der Waals surface area contributed by atoms with Crippen molar-refractivity contribution in [2.75, 3.05) is 6.26 Å². The van der Waals surface area contributed by atoms with Crippen molar-refractivity contribution < 1.29 is 5.11 Å². The molecule has 0 aliphatic heterocycles. The first kappa shape index (κ1) is 15.4. The van der Waals surface area contributed by atoms with Crippen LogP contribution in [-0.4, -0.2) is 11.4 Å². The Morgan fingerprint density at radius 3 is 2.50 bits per heavy atom. The van der Waals surface area contributed by atoms with Gasteiger partial charge in [0, 0.05) is 5.75 Å². The van der Waals surface area contributed by atoms with Gasteiger partial charge in [0.25, 0.3) is 0 Å². The normalized spacial score (nSPS) is 16.3. The molecule has 0 unspecified atom stereocenters. The Labute approximate surface area is 116 Å². The Morgan fingerprint density at radius 2 is 1.89 bits per heavy atom. The quantitative estimate of drug-likeness (QED) is 0.806. The average Bonchev–Trinajstić information content (AvgIpc) is 2.35. The fraction of sp³-hybridized carbons (Fsp3) is 0.625. The Balaban J connectivity index is 0.00000162. The van der Waals surface area contributed by atoms with E-state index in [2.05, 4.69) is 18.4 Å². The molecule has 2 heteroatoms. The van der Waals surface area contributed by atoms with Crippen LogP contribution in [0.5, 0.6) is 5.75 Å². The lowest BCUT2D eigenvalue weighted by Gasteiger charge is -2.24. The highest BCUT2D eigenvalue weighted by molar-refractivity contribution is 7.97. The minimum atomic E-state index is 0. The van der Waals surface area contributed by atoms with E-state index < -0.39 is 0 Å². The highest BCUT2D eigenvalue weighted by Crippen LogP contribution is 2.39. The minimum Gasteiger partial charge on any atom is -0.507 e. The first-order chi connectivity index (χ1) is 8.22. The third-order valence-electron chi connectivity index (χ3n) is 3.75. The van der Waals surface area contributed by atoms with Crippen molar-refractivity contribution in [3.63, 3.8) is 0 Å². The maximum Gasteiger partial charge on any atom is 0.121 e. The van der Waals surface area contributed by atoms with E-state index in [9.17, 15) is 5.11 Å². The lowest BCUT2D eigenvalue weighted by molar-refractivity contribution is 0.412. The molecule has 0 saturated heterocycles. The van der Waals surface area contributed by atoms with Crippen LogP contribution in [-0.2, 0) is 5.75 Å². The molecule has 1 N–H and O–H groups in total. The van der Waals surface area contributed by atoms with E-state index in [0.717, 1.165) is 11.3 Å². The highest BCUT2D eigenvalue weighted by atomic mass is 32.2. The summed E-state index contributed by atoms with van der Waals surface area (Å²) in [7, 11) is 0. The fourth-order valence-electron chi connectivity index (χ4n) is 2.86. The summed E-state index contributed by atoms with van der Waals surface area (Å²) in [5, 5.41) is 10.2. The summed E-state index contributed by atoms with van der Waals surface area (Å²) >= 11 is 1.84.